The fraction of sp³-hybridized carbons (Fsp3) is 0.367. The number of amides is 2. The second-order valence-corrected chi connectivity index (χ2v) is 10.8. The lowest BCUT2D eigenvalue weighted by molar-refractivity contribution is -0.142. The molecule has 2 heterocycles. The van der Waals surface area contributed by atoms with E-state index in [1.165, 1.54) is 17.0 Å². The number of aromatic hydroxyl groups is 1. The van der Waals surface area contributed by atoms with Crippen molar-refractivity contribution in [1.29, 1.82) is 0 Å². The molecular formula is C30H27NO8. The molecule has 1 aromatic rings. The van der Waals surface area contributed by atoms with Crippen LogP contribution in [0.3, 0.4) is 0 Å². The van der Waals surface area contributed by atoms with E-state index in [2.05, 4.69) is 0 Å². The van der Waals surface area contributed by atoms with E-state index in [0.29, 0.717) is 35.3 Å². The van der Waals surface area contributed by atoms with Crippen LogP contribution in [0.4, 0.5) is 0 Å². The van der Waals surface area contributed by atoms with Gasteiger partial charge in [0.05, 0.1) is 18.1 Å². The van der Waals surface area contributed by atoms with Gasteiger partial charge in [-0.2, -0.15) is 0 Å². The minimum atomic E-state index is -0.994. The number of phenolic OH excluding ortho intramolecular Hbond substituents is 1. The summed E-state index contributed by atoms with van der Waals surface area (Å²) in [7, 11) is 0. The Hall–Kier alpha value is -4.27. The van der Waals surface area contributed by atoms with Crippen molar-refractivity contribution in [2.45, 2.75) is 39.0 Å². The fourth-order valence-electron chi connectivity index (χ4n) is 6.84. The number of carboxylic acid groups (broad SMARTS) is 1. The van der Waals surface area contributed by atoms with Crippen LogP contribution in [-0.4, -0.2) is 51.0 Å². The van der Waals surface area contributed by atoms with Crippen LogP contribution in [0.25, 0.3) is 0 Å². The number of allylic oxidation sites excluding steroid dienone is 7. The predicted molar refractivity (Wildman–Crippen MR) is 136 cm³/mol. The lowest BCUT2D eigenvalue weighted by atomic mass is 9.58. The largest absolute Gasteiger partial charge is 0.508 e. The monoisotopic (exact) mass is 529 g/mol. The summed E-state index contributed by atoms with van der Waals surface area (Å²) in [6.45, 7) is 1.65. The van der Waals surface area contributed by atoms with E-state index < -0.39 is 29.6 Å². The Bertz CT molecular complexity index is 1490. The molecule has 1 saturated heterocycles. The van der Waals surface area contributed by atoms with Crippen LogP contribution in [0.2, 0.25) is 0 Å². The number of aliphatic carboxylic acids is 1. The molecular weight excluding hydrogens is 502 g/mol. The molecule has 0 spiro atoms. The van der Waals surface area contributed by atoms with E-state index in [9.17, 15) is 29.1 Å². The quantitative estimate of drug-likeness (QED) is 0.337. The number of ketones is 2. The number of carbonyl (C=O) groups excluding carboxylic acids is 4. The number of hydrogen-bond acceptors (Lipinski definition) is 7. The summed E-state index contributed by atoms with van der Waals surface area (Å²) in [4.78, 5) is 65.7. The van der Waals surface area contributed by atoms with Crippen molar-refractivity contribution in [3.8, 4) is 11.5 Å². The van der Waals surface area contributed by atoms with Gasteiger partial charge in [0.15, 0.2) is 11.6 Å². The second-order valence-electron chi connectivity index (χ2n) is 10.8. The van der Waals surface area contributed by atoms with Gasteiger partial charge in [-0.15, -0.1) is 0 Å². The highest BCUT2D eigenvalue weighted by Gasteiger charge is 2.56. The van der Waals surface area contributed by atoms with Crippen LogP contribution in [0.1, 0.15) is 38.2 Å². The molecule has 6 rings (SSSR count). The summed E-state index contributed by atoms with van der Waals surface area (Å²) in [6.07, 6.45) is 5.77. The number of phenols is 1. The highest BCUT2D eigenvalue weighted by molar-refractivity contribution is 6.23. The first-order valence-corrected chi connectivity index (χ1v) is 13.1. The summed E-state index contributed by atoms with van der Waals surface area (Å²) in [5.74, 6) is -3.79. The predicted octanol–water partition coefficient (Wildman–Crippen LogP) is 3.04. The lowest BCUT2D eigenvalue weighted by Crippen LogP contribution is -2.41. The molecule has 0 bridgehead atoms. The van der Waals surface area contributed by atoms with Crippen LogP contribution in [0, 0.1) is 23.7 Å². The topological polar surface area (TPSA) is 138 Å². The molecule has 200 valence electrons. The average molecular weight is 530 g/mol. The SMILES string of the molecule is CC1=CC(=O)C2=C(C1=O)C(C1=COc3ccc(O)cc3C1)C1=CCC3C(=O)N(CCCC(=O)O)C(=O)C3C1C2. The third-order valence-electron chi connectivity index (χ3n) is 8.58. The lowest BCUT2D eigenvalue weighted by Gasteiger charge is -2.43. The first kappa shape index (κ1) is 25.0. The fourth-order valence-corrected chi connectivity index (χ4v) is 6.84. The zero-order chi connectivity index (χ0) is 27.6. The number of fused-ring (bicyclic) bond motifs is 4. The van der Waals surface area contributed by atoms with Crippen LogP contribution >= 0.6 is 0 Å². The number of imide groups is 1. The Morgan fingerprint density at radius 1 is 1.13 bits per heavy atom. The van der Waals surface area contributed by atoms with E-state index in [1.54, 1.807) is 25.3 Å². The van der Waals surface area contributed by atoms with Crippen LogP contribution < -0.4 is 4.74 Å². The van der Waals surface area contributed by atoms with Crippen LogP contribution in [0.5, 0.6) is 11.5 Å². The number of likely N-dealkylation sites (tertiary alicyclic amines) is 1. The van der Waals surface area contributed by atoms with Gasteiger partial charge in [0.25, 0.3) is 0 Å². The average Bonchev–Trinajstić information content (AvgIpc) is 3.15. The first-order valence-electron chi connectivity index (χ1n) is 13.1. The molecule has 3 aliphatic carbocycles. The van der Waals surface area contributed by atoms with Gasteiger partial charge in [-0.05, 0) is 62.0 Å². The smallest absolute Gasteiger partial charge is 0.303 e. The van der Waals surface area contributed by atoms with Crippen molar-refractivity contribution in [3.63, 3.8) is 0 Å². The van der Waals surface area contributed by atoms with E-state index in [1.807, 2.05) is 6.08 Å². The third kappa shape index (κ3) is 3.95. The van der Waals surface area contributed by atoms with E-state index in [0.717, 1.165) is 16.7 Å². The summed E-state index contributed by atoms with van der Waals surface area (Å²) < 4.78 is 5.89. The van der Waals surface area contributed by atoms with E-state index in [4.69, 9.17) is 9.84 Å². The second kappa shape index (κ2) is 9.18. The molecule has 4 atom stereocenters. The Morgan fingerprint density at radius 2 is 1.92 bits per heavy atom. The molecule has 1 aromatic carbocycles. The number of nitrogens with zero attached hydrogens (tertiary/aromatic N) is 1. The molecule has 2 aliphatic heterocycles. The molecule has 1 fully saturated rings. The van der Waals surface area contributed by atoms with Gasteiger partial charge in [-0.3, -0.25) is 28.9 Å². The van der Waals surface area contributed by atoms with Crippen molar-refractivity contribution in [3.05, 3.63) is 70.0 Å². The number of Topliss-reactive ketones (excluding diaryl/α,β-unsaturated/α-hetero) is 1. The maximum Gasteiger partial charge on any atom is 0.303 e. The number of benzene rings is 1. The minimum absolute atomic E-state index is 0.0367. The number of carboxylic acids is 1. The Morgan fingerprint density at radius 3 is 2.69 bits per heavy atom. The molecule has 9 nitrogen and oxygen atoms in total. The highest BCUT2D eigenvalue weighted by atomic mass is 16.5. The summed E-state index contributed by atoms with van der Waals surface area (Å²) in [5, 5.41) is 19.0. The summed E-state index contributed by atoms with van der Waals surface area (Å²) in [6, 6.07) is 4.80. The number of hydrogen-bond donors (Lipinski definition) is 2. The molecule has 0 aromatic heterocycles. The molecule has 5 aliphatic rings. The molecule has 9 heteroatoms. The van der Waals surface area contributed by atoms with Crippen LogP contribution in [-0.2, 0) is 30.4 Å². The third-order valence-corrected chi connectivity index (χ3v) is 8.58. The molecule has 2 amide bonds. The summed E-state index contributed by atoms with van der Waals surface area (Å²) >= 11 is 0. The first-order chi connectivity index (χ1) is 18.7. The van der Waals surface area contributed by atoms with Gasteiger partial charge in [-0.1, -0.05) is 11.6 Å². The molecule has 0 radical (unpaired) electrons. The van der Waals surface area contributed by atoms with E-state index >= 15 is 0 Å². The highest BCUT2D eigenvalue weighted by Crippen LogP contribution is 2.54. The normalized spacial score (nSPS) is 27.6. The molecule has 2 N–H and O–H groups in total. The molecule has 39 heavy (non-hydrogen) atoms. The van der Waals surface area contributed by atoms with Crippen molar-refractivity contribution < 1.29 is 38.9 Å². The Balaban J connectivity index is 1.40. The van der Waals surface area contributed by atoms with Gasteiger partial charge in [0.1, 0.15) is 11.5 Å². The number of ether oxygens (including phenoxy) is 1. The maximum atomic E-state index is 13.6. The van der Waals surface area contributed by atoms with Gasteiger partial charge in [0, 0.05) is 47.6 Å². The standard InChI is InChI=1S/C30H27NO8/c1-14-9-22(33)21-12-20-18(5-6-19-26(20)30(38)31(29(19)37)8-2-3-24(34)35)25(27(21)28(14)36)16-10-15-11-17(32)4-7-23(15)39-13-16/h4-5,7,9,11,13,19-20,25-26,32H,2-3,6,8,10,12H2,1H3,(H,34,35). The van der Waals surface area contributed by atoms with Crippen molar-refractivity contribution in [2.24, 2.45) is 23.7 Å². The zero-order valence-electron chi connectivity index (χ0n) is 21.3. The van der Waals surface area contributed by atoms with Gasteiger partial charge < -0.3 is 14.9 Å². The van der Waals surface area contributed by atoms with E-state index in [-0.39, 0.29) is 54.9 Å². The van der Waals surface area contributed by atoms with Gasteiger partial charge in [-0.25, -0.2) is 0 Å². The number of rotatable bonds is 5. The van der Waals surface area contributed by atoms with Crippen molar-refractivity contribution in [1.82, 2.24) is 4.90 Å². The Labute approximate surface area is 224 Å². The maximum absolute atomic E-state index is 13.6. The van der Waals surface area contributed by atoms with Crippen molar-refractivity contribution in [2.75, 3.05) is 6.54 Å². The summed E-state index contributed by atoms with van der Waals surface area (Å²) in [5.41, 5.74) is 3.42. The van der Waals surface area contributed by atoms with Crippen molar-refractivity contribution >= 4 is 29.4 Å². The Kier molecular flexibility index (Phi) is 5.89. The van der Waals surface area contributed by atoms with Gasteiger partial charge in [0.2, 0.25) is 11.8 Å². The zero-order valence-corrected chi connectivity index (χ0v) is 21.3. The minimum Gasteiger partial charge on any atom is -0.508 e. The van der Waals surface area contributed by atoms with Crippen LogP contribution in [0.15, 0.2) is 64.5 Å². The van der Waals surface area contributed by atoms with Gasteiger partial charge >= 0.3 is 5.97 Å². The molecule has 4 unspecified atom stereocenters. The number of carbonyl (C=O) groups is 5. The molecule has 0 saturated carbocycles.